The third-order valence-electron chi connectivity index (χ3n) is 2.72. The monoisotopic (exact) mass is 265 g/mol. The fraction of sp³-hybridized carbons (Fsp3) is 0.214. The predicted octanol–water partition coefficient (Wildman–Crippen LogP) is 4.57. The molecular formula is C14H13Cl2N. The molecule has 2 aromatic rings. The molecule has 0 bridgehead atoms. The van der Waals surface area contributed by atoms with Crippen LogP contribution in [0.4, 0.5) is 0 Å². The summed E-state index contributed by atoms with van der Waals surface area (Å²) in [5.74, 6) is 0. The molecule has 0 fully saturated rings. The van der Waals surface area contributed by atoms with E-state index in [1.807, 2.05) is 37.3 Å². The van der Waals surface area contributed by atoms with Gasteiger partial charge in [-0.25, -0.2) is 0 Å². The fourth-order valence-corrected chi connectivity index (χ4v) is 2.15. The van der Waals surface area contributed by atoms with Gasteiger partial charge in [-0.2, -0.15) is 0 Å². The molecule has 17 heavy (non-hydrogen) atoms. The lowest BCUT2D eigenvalue weighted by Gasteiger charge is -2.11. The number of hydrogen-bond acceptors (Lipinski definition) is 1. The van der Waals surface area contributed by atoms with E-state index < -0.39 is 0 Å². The number of halogens is 2. The summed E-state index contributed by atoms with van der Waals surface area (Å²) in [6.07, 6.45) is 4.34. The van der Waals surface area contributed by atoms with Crippen LogP contribution < -0.4 is 0 Å². The van der Waals surface area contributed by atoms with E-state index in [1.165, 1.54) is 5.56 Å². The zero-order chi connectivity index (χ0) is 12.3. The Balaban J connectivity index is 2.14. The van der Waals surface area contributed by atoms with E-state index in [4.69, 9.17) is 23.2 Å². The van der Waals surface area contributed by atoms with E-state index in [0.29, 0.717) is 0 Å². The van der Waals surface area contributed by atoms with Crippen molar-refractivity contribution >= 4 is 23.2 Å². The molecule has 0 aliphatic rings. The fourth-order valence-electron chi connectivity index (χ4n) is 1.65. The van der Waals surface area contributed by atoms with E-state index >= 15 is 0 Å². The van der Waals surface area contributed by atoms with Crippen LogP contribution in [0.25, 0.3) is 0 Å². The van der Waals surface area contributed by atoms with Gasteiger partial charge in [0.05, 0.1) is 5.38 Å². The standard InChI is InChI=1S/C14H13Cl2N/c1-10-2-3-12(9-13(10)15)14(16)8-11-4-6-17-7-5-11/h2-7,9,14H,8H2,1H3. The Hall–Kier alpha value is -1.05. The van der Waals surface area contributed by atoms with Crippen molar-refractivity contribution in [1.29, 1.82) is 0 Å². The van der Waals surface area contributed by atoms with Crippen LogP contribution in [0.15, 0.2) is 42.7 Å². The Morgan fingerprint density at radius 1 is 1.18 bits per heavy atom. The third kappa shape index (κ3) is 3.21. The summed E-state index contributed by atoms with van der Waals surface area (Å²) in [4.78, 5) is 3.99. The predicted molar refractivity (Wildman–Crippen MR) is 72.7 cm³/mol. The number of alkyl halides is 1. The Labute approximate surface area is 111 Å². The molecular weight excluding hydrogens is 253 g/mol. The van der Waals surface area contributed by atoms with Gasteiger partial charge in [-0.15, -0.1) is 11.6 Å². The van der Waals surface area contributed by atoms with Crippen LogP contribution in [-0.4, -0.2) is 4.98 Å². The minimum Gasteiger partial charge on any atom is -0.265 e. The number of aryl methyl sites for hydroxylation is 1. The van der Waals surface area contributed by atoms with Crippen LogP contribution in [0.2, 0.25) is 5.02 Å². The first-order valence-electron chi connectivity index (χ1n) is 5.46. The van der Waals surface area contributed by atoms with Gasteiger partial charge in [-0.3, -0.25) is 4.98 Å². The van der Waals surface area contributed by atoms with E-state index in [2.05, 4.69) is 4.98 Å². The summed E-state index contributed by atoms with van der Waals surface area (Å²) in [5, 5.41) is 0.707. The van der Waals surface area contributed by atoms with Gasteiger partial charge in [-0.1, -0.05) is 23.7 Å². The normalized spacial score (nSPS) is 12.4. The van der Waals surface area contributed by atoms with Gasteiger partial charge in [0.25, 0.3) is 0 Å². The van der Waals surface area contributed by atoms with Crippen molar-refractivity contribution in [2.75, 3.05) is 0 Å². The molecule has 1 nitrogen and oxygen atoms in total. The highest BCUT2D eigenvalue weighted by atomic mass is 35.5. The van der Waals surface area contributed by atoms with Crippen molar-refractivity contribution in [3.63, 3.8) is 0 Å². The molecule has 0 saturated carbocycles. The van der Waals surface area contributed by atoms with E-state index in [1.54, 1.807) is 12.4 Å². The Kier molecular flexibility index (Phi) is 4.03. The minimum atomic E-state index is -0.0597. The van der Waals surface area contributed by atoms with Crippen molar-refractivity contribution in [2.24, 2.45) is 0 Å². The Bertz CT molecular complexity index is 497. The van der Waals surface area contributed by atoms with Gasteiger partial charge in [0.15, 0.2) is 0 Å². The van der Waals surface area contributed by atoms with Crippen molar-refractivity contribution in [3.8, 4) is 0 Å². The molecule has 88 valence electrons. The lowest BCUT2D eigenvalue weighted by atomic mass is 10.0. The van der Waals surface area contributed by atoms with Crippen LogP contribution in [0.5, 0.6) is 0 Å². The first-order chi connectivity index (χ1) is 8.16. The third-order valence-corrected chi connectivity index (χ3v) is 3.54. The Morgan fingerprint density at radius 2 is 1.88 bits per heavy atom. The first kappa shape index (κ1) is 12.4. The summed E-state index contributed by atoms with van der Waals surface area (Å²) in [5.41, 5.74) is 3.30. The van der Waals surface area contributed by atoms with Gasteiger partial charge in [0, 0.05) is 17.4 Å². The van der Waals surface area contributed by atoms with E-state index in [-0.39, 0.29) is 5.38 Å². The molecule has 1 unspecified atom stereocenters. The molecule has 1 atom stereocenters. The molecule has 1 aromatic carbocycles. The van der Waals surface area contributed by atoms with Gasteiger partial charge >= 0.3 is 0 Å². The van der Waals surface area contributed by atoms with Crippen LogP contribution in [0.1, 0.15) is 22.1 Å². The second-order valence-corrected chi connectivity index (χ2v) is 4.97. The maximum atomic E-state index is 6.39. The Morgan fingerprint density at radius 3 is 2.53 bits per heavy atom. The van der Waals surface area contributed by atoms with Gasteiger partial charge in [0.1, 0.15) is 0 Å². The molecule has 1 heterocycles. The van der Waals surface area contributed by atoms with Crippen LogP contribution >= 0.6 is 23.2 Å². The van der Waals surface area contributed by atoms with Crippen molar-refractivity contribution in [3.05, 3.63) is 64.4 Å². The van der Waals surface area contributed by atoms with Crippen molar-refractivity contribution in [1.82, 2.24) is 4.98 Å². The molecule has 1 aromatic heterocycles. The van der Waals surface area contributed by atoms with Gasteiger partial charge in [0.2, 0.25) is 0 Å². The molecule has 2 rings (SSSR count). The summed E-state index contributed by atoms with van der Waals surface area (Å²) in [6, 6.07) is 9.92. The quantitative estimate of drug-likeness (QED) is 0.742. The zero-order valence-corrected chi connectivity index (χ0v) is 11.0. The summed E-state index contributed by atoms with van der Waals surface area (Å²) in [7, 11) is 0. The van der Waals surface area contributed by atoms with Crippen LogP contribution in [0, 0.1) is 6.92 Å². The largest absolute Gasteiger partial charge is 0.265 e. The lowest BCUT2D eigenvalue weighted by molar-refractivity contribution is 0.915. The smallest absolute Gasteiger partial charge is 0.0626 e. The first-order valence-corrected chi connectivity index (χ1v) is 6.27. The highest BCUT2D eigenvalue weighted by molar-refractivity contribution is 6.31. The maximum absolute atomic E-state index is 6.39. The minimum absolute atomic E-state index is 0.0597. The molecule has 0 N–H and O–H groups in total. The number of rotatable bonds is 3. The second kappa shape index (κ2) is 5.52. The number of pyridine rings is 1. The topological polar surface area (TPSA) is 12.9 Å². The average molecular weight is 266 g/mol. The van der Waals surface area contributed by atoms with Crippen molar-refractivity contribution < 1.29 is 0 Å². The number of hydrogen-bond donors (Lipinski definition) is 0. The highest BCUT2D eigenvalue weighted by Gasteiger charge is 2.10. The molecule has 0 spiro atoms. The molecule has 0 radical (unpaired) electrons. The molecule has 3 heteroatoms. The summed E-state index contributed by atoms with van der Waals surface area (Å²) < 4.78 is 0. The molecule has 0 aliphatic heterocycles. The number of aromatic nitrogens is 1. The van der Waals surface area contributed by atoms with Crippen LogP contribution in [-0.2, 0) is 6.42 Å². The van der Waals surface area contributed by atoms with Gasteiger partial charge < -0.3 is 0 Å². The van der Waals surface area contributed by atoms with Crippen molar-refractivity contribution in [2.45, 2.75) is 18.7 Å². The SMILES string of the molecule is Cc1ccc(C(Cl)Cc2ccncc2)cc1Cl. The number of nitrogens with zero attached hydrogens (tertiary/aromatic N) is 1. The van der Waals surface area contributed by atoms with Gasteiger partial charge in [-0.05, 0) is 48.2 Å². The van der Waals surface area contributed by atoms with E-state index in [0.717, 1.165) is 22.6 Å². The molecule has 0 amide bonds. The summed E-state index contributed by atoms with van der Waals surface area (Å²) in [6.45, 7) is 1.98. The zero-order valence-electron chi connectivity index (χ0n) is 9.53. The van der Waals surface area contributed by atoms with Crippen LogP contribution in [0.3, 0.4) is 0 Å². The van der Waals surface area contributed by atoms with E-state index in [9.17, 15) is 0 Å². The average Bonchev–Trinajstić information content (AvgIpc) is 2.34. The number of benzene rings is 1. The molecule has 0 saturated heterocycles. The second-order valence-electron chi connectivity index (χ2n) is 4.04. The highest BCUT2D eigenvalue weighted by Crippen LogP contribution is 2.28. The summed E-state index contributed by atoms with van der Waals surface area (Å²) >= 11 is 12.5. The lowest BCUT2D eigenvalue weighted by Crippen LogP contribution is -1.96. The maximum Gasteiger partial charge on any atom is 0.0626 e. The molecule has 0 aliphatic carbocycles.